The monoisotopic (exact) mass is 680 g/mol. The van der Waals surface area contributed by atoms with Gasteiger partial charge in [-0.15, -0.1) is 0 Å². The Balaban J connectivity index is 1.32. The van der Waals surface area contributed by atoms with Gasteiger partial charge in [-0.2, -0.15) is 0 Å². The number of fused-ring (bicyclic) bond motifs is 3. The molecule has 1 heterocycles. The van der Waals surface area contributed by atoms with Gasteiger partial charge in [0.1, 0.15) is 30.5 Å². The number of rotatable bonds is 15. The van der Waals surface area contributed by atoms with Crippen molar-refractivity contribution < 1.29 is 33.4 Å². The maximum atomic E-state index is 14.8. The maximum Gasteiger partial charge on any atom is 0.407 e. The molecule has 0 radical (unpaired) electrons. The number of hydrogen-bond acceptors (Lipinski definition) is 6. The molecule has 3 amide bonds. The van der Waals surface area contributed by atoms with Crippen LogP contribution in [0.15, 0.2) is 97.3 Å². The second-order valence-electron chi connectivity index (χ2n) is 12.4. The number of pyridine rings is 1. The Morgan fingerprint density at radius 1 is 0.880 bits per heavy atom. The van der Waals surface area contributed by atoms with Crippen molar-refractivity contribution in [2.45, 2.75) is 63.1 Å². The molecule has 10 nitrogen and oxygen atoms in total. The number of hydrogen-bond donors (Lipinski definition) is 3. The Kier molecular flexibility index (Phi) is 11.9. The zero-order valence-electron chi connectivity index (χ0n) is 28.1. The molecule has 0 spiro atoms. The number of amides is 3. The first-order chi connectivity index (χ1) is 24.2. The fraction of sp³-hybridized carbons (Fsp3) is 0.308. The Labute approximate surface area is 290 Å². The van der Waals surface area contributed by atoms with E-state index in [9.17, 15) is 28.7 Å². The molecule has 5 rings (SSSR count). The summed E-state index contributed by atoms with van der Waals surface area (Å²) in [5.41, 5.74) is 4.98. The smallest absolute Gasteiger partial charge is 0.407 e. The minimum atomic E-state index is -1.31. The van der Waals surface area contributed by atoms with Crippen LogP contribution in [0.2, 0.25) is 0 Å². The molecule has 3 atom stereocenters. The summed E-state index contributed by atoms with van der Waals surface area (Å²) in [7, 11) is 1.38. The van der Waals surface area contributed by atoms with Crippen LogP contribution in [0, 0.1) is 5.82 Å². The predicted molar refractivity (Wildman–Crippen MR) is 186 cm³/mol. The second-order valence-corrected chi connectivity index (χ2v) is 12.4. The number of carbonyl (C=O) groups is 4. The van der Waals surface area contributed by atoms with Crippen molar-refractivity contribution in [3.05, 3.63) is 125 Å². The van der Waals surface area contributed by atoms with E-state index < -0.39 is 47.8 Å². The largest absolute Gasteiger partial charge is 0.480 e. The summed E-state index contributed by atoms with van der Waals surface area (Å²) in [5, 5.41) is 15.3. The number of ether oxygens (including phenoxy) is 1. The van der Waals surface area contributed by atoms with Crippen LogP contribution in [0.1, 0.15) is 54.4 Å². The summed E-state index contributed by atoms with van der Waals surface area (Å²) in [4.78, 5) is 58.4. The van der Waals surface area contributed by atoms with Gasteiger partial charge in [0.05, 0.1) is 0 Å². The lowest BCUT2D eigenvalue weighted by Crippen LogP contribution is -2.57. The molecule has 1 aliphatic rings. The number of carboxylic acid groups (broad SMARTS) is 1. The van der Waals surface area contributed by atoms with Crippen LogP contribution in [0.5, 0.6) is 0 Å². The molecule has 11 heteroatoms. The number of unbranched alkanes of at least 4 members (excludes halogenated alkanes) is 1. The number of carbonyl (C=O) groups excluding carboxylic acids is 3. The highest BCUT2D eigenvalue weighted by atomic mass is 19.1. The Hall–Kier alpha value is -5.58. The van der Waals surface area contributed by atoms with E-state index in [2.05, 4.69) is 15.6 Å². The van der Waals surface area contributed by atoms with E-state index in [0.717, 1.165) is 27.2 Å². The van der Waals surface area contributed by atoms with E-state index in [1.54, 1.807) is 24.4 Å². The fourth-order valence-electron chi connectivity index (χ4n) is 6.34. The third-order valence-electron chi connectivity index (χ3n) is 9.05. The van der Waals surface area contributed by atoms with Crippen LogP contribution < -0.4 is 10.6 Å². The van der Waals surface area contributed by atoms with E-state index in [4.69, 9.17) is 4.74 Å². The van der Waals surface area contributed by atoms with E-state index in [1.807, 2.05) is 55.5 Å². The molecule has 0 unspecified atom stereocenters. The molecule has 50 heavy (non-hydrogen) atoms. The van der Waals surface area contributed by atoms with Gasteiger partial charge in [0, 0.05) is 38.2 Å². The Morgan fingerprint density at radius 2 is 1.54 bits per heavy atom. The third kappa shape index (κ3) is 8.52. The summed E-state index contributed by atoms with van der Waals surface area (Å²) in [6, 6.07) is 21.5. The first-order valence-corrected chi connectivity index (χ1v) is 16.7. The summed E-state index contributed by atoms with van der Waals surface area (Å²) in [5.74, 6) is -3.32. The third-order valence-corrected chi connectivity index (χ3v) is 9.05. The van der Waals surface area contributed by atoms with E-state index in [1.165, 1.54) is 31.4 Å². The summed E-state index contributed by atoms with van der Waals surface area (Å²) in [6.45, 7) is 1.93. The molecule has 0 saturated carbocycles. The minimum Gasteiger partial charge on any atom is -0.480 e. The molecule has 0 aliphatic heterocycles. The standard InChI is InChI=1S/C39H41FN4O6/c1-3-4-19-33(37(46)44(2)35(38(47)48)21-25-12-11-20-41-23-25)42-36(45)34(22-26-13-5-10-18-32(26)40)43-39(49)50-24-31-29-16-8-6-14-27(29)28-15-7-9-17-30(28)31/h5-18,20,23,31,33-35H,3-4,19,21-22,24H2,1-2H3,(H,42,45)(H,43,49)(H,47,48)/t33-,34-,35-/m0/s1. The average Bonchev–Trinajstić information content (AvgIpc) is 3.45. The molecule has 1 aromatic heterocycles. The van der Waals surface area contributed by atoms with Gasteiger partial charge in [0.15, 0.2) is 0 Å². The normalized spacial score (nSPS) is 13.7. The summed E-state index contributed by atoms with van der Waals surface area (Å²) < 4.78 is 20.5. The summed E-state index contributed by atoms with van der Waals surface area (Å²) >= 11 is 0. The molecule has 1 aliphatic carbocycles. The number of aliphatic carboxylic acids is 1. The number of carboxylic acids is 1. The number of benzene rings is 3. The molecule has 0 bridgehead atoms. The van der Waals surface area contributed by atoms with Gasteiger partial charge in [0.2, 0.25) is 11.8 Å². The molecular formula is C39H41FN4O6. The van der Waals surface area contributed by atoms with E-state index >= 15 is 0 Å². The van der Waals surface area contributed by atoms with Crippen molar-refractivity contribution >= 4 is 23.9 Å². The Bertz CT molecular complexity index is 1770. The zero-order valence-corrected chi connectivity index (χ0v) is 28.1. The lowest BCUT2D eigenvalue weighted by molar-refractivity contribution is -0.150. The summed E-state index contributed by atoms with van der Waals surface area (Å²) in [6.07, 6.45) is 3.51. The molecule has 4 aromatic rings. The minimum absolute atomic E-state index is 0.00378. The Morgan fingerprint density at radius 3 is 2.16 bits per heavy atom. The van der Waals surface area contributed by atoms with Gasteiger partial charge in [-0.25, -0.2) is 14.0 Å². The lowest BCUT2D eigenvalue weighted by atomic mass is 9.98. The lowest BCUT2D eigenvalue weighted by Gasteiger charge is -2.30. The van der Waals surface area contributed by atoms with Gasteiger partial charge in [0.25, 0.3) is 0 Å². The first kappa shape index (κ1) is 35.7. The van der Waals surface area contributed by atoms with Gasteiger partial charge in [-0.1, -0.05) is 92.6 Å². The number of alkyl carbamates (subject to hydrolysis) is 1. The maximum absolute atomic E-state index is 14.8. The highest BCUT2D eigenvalue weighted by molar-refractivity contribution is 5.93. The average molecular weight is 681 g/mol. The molecule has 0 fully saturated rings. The van der Waals surface area contributed by atoms with Crippen molar-refractivity contribution in [2.75, 3.05) is 13.7 Å². The molecule has 260 valence electrons. The van der Waals surface area contributed by atoms with Crippen LogP contribution >= 0.6 is 0 Å². The van der Waals surface area contributed by atoms with Crippen molar-refractivity contribution in [1.82, 2.24) is 20.5 Å². The van der Waals surface area contributed by atoms with Crippen LogP contribution in [0.3, 0.4) is 0 Å². The number of nitrogens with zero attached hydrogens (tertiary/aromatic N) is 2. The van der Waals surface area contributed by atoms with Gasteiger partial charge < -0.3 is 25.4 Å². The van der Waals surface area contributed by atoms with Crippen LogP contribution in [-0.4, -0.2) is 70.6 Å². The van der Waals surface area contributed by atoms with Crippen molar-refractivity contribution in [3.63, 3.8) is 0 Å². The first-order valence-electron chi connectivity index (χ1n) is 16.7. The molecule has 3 aromatic carbocycles. The van der Waals surface area contributed by atoms with Gasteiger partial charge in [-0.3, -0.25) is 14.6 Å². The topological polar surface area (TPSA) is 138 Å². The molecular weight excluding hydrogens is 639 g/mol. The van der Waals surface area contributed by atoms with Gasteiger partial charge in [-0.05, 0) is 51.9 Å². The van der Waals surface area contributed by atoms with E-state index in [-0.39, 0.29) is 37.4 Å². The van der Waals surface area contributed by atoms with Crippen LogP contribution in [0.25, 0.3) is 11.1 Å². The highest BCUT2D eigenvalue weighted by Crippen LogP contribution is 2.44. The quantitative estimate of drug-likeness (QED) is 0.151. The van der Waals surface area contributed by atoms with Crippen LogP contribution in [-0.2, 0) is 32.0 Å². The fourth-order valence-corrected chi connectivity index (χ4v) is 6.34. The van der Waals surface area contributed by atoms with Crippen molar-refractivity contribution in [3.8, 4) is 11.1 Å². The van der Waals surface area contributed by atoms with Crippen LogP contribution in [0.4, 0.5) is 9.18 Å². The SMILES string of the molecule is CCCC[C@H](NC(=O)[C@H](Cc1ccccc1F)NC(=O)OCC1c2ccccc2-c2ccccc21)C(=O)N(C)[C@@H](Cc1cccnc1)C(=O)O. The highest BCUT2D eigenvalue weighted by Gasteiger charge is 2.34. The predicted octanol–water partition coefficient (Wildman–Crippen LogP) is 5.50. The van der Waals surface area contributed by atoms with Gasteiger partial charge >= 0.3 is 12.1 Å². The zero-order chi connectivity index (χ0) is 35.6. The van der Waals surface area contributed by atoms with Crippen molar-refractivity contribution in [2.24, 2.45) is 0 Å². The second kappa shape index (κ2) is 16.7. The molecule has 0 saturated heterocycles. The molecule has 3 N–H and O–H groups in total. The number of halogens is 1. The number of likely N-dealkylation sites (N-methyl/N-ethyl adjacent to an activating group) is 1. The van der Waals surface area contributed by atoms with Crippen molar-refractivity contribution in [1.29, 1.82) is 0 Å². The number of nitrogens with one attached hydrogen (secondary N) is 2. The van der Waals surface area contributed by atoms with E-state index in [0.29, 0.717) is 18.4 Å². The number of aromatic nitrogens is 1.